The summed E-state index contributed by atoms with van der Waals surface area (Å²) in [4.78, 5) is 43.4. The Morgan fingerprint density at radius 2 is 1.96 bits per heavy atom. The molecule has 0 fully saturated rings. The molecule has 0 aliphatic rings. The molecule has 1 aromatic carbocycles. The third-order valence-electron chi connectivity index (χ3n) is 3.83. The highest BCUT2D eigenvalue weighted by Gasteiger charge is 2.20. The third kappa shape index (κ3) is 4.01. The van der Waals surface area contributed by atoms with Crippen molar-refractivity contribution in [3.05, 3.63) is 63.4 Å². The Hall–Kier alpha value is -3.66. The highest BCUT2D eigenvalue weighted by Crippen LogP contribution is 2.31. The predicted octanol–water partition coefficient (Wildman–Crippen LogP) is 2.57. The van der Waals surface area contributed by atoms with Gasteiger partial charge in [-0.1, -0.05) is 30.3 Å². The van der Waals surface area contributed by atoms with E-state index in [-0.39, 0.29) is 11.9 Å². The van der Waals surface area contributed by atoms with Crippen molar-refractivity contribution in [1.29, 1.82) is 0 Å². The van der Waals surface area contributed by atoms with Crippen LogP contribution in [0, 0.1) is 0 Å². The molecule has 0 saturated carbocycles. The molecule has 28 heavy (non-hydrogen) atoms. The number of H-pyrrole nitrogens is 1. The Kier molecular flexibility index (Phi) is 5.41. The quantitative estimate of drug-likeness (QED) is 0.520. The van der Waals surface area contributed by atoms with Gasteiger partial charge < -0.3 is 25.4 Å². The first-order valence-corrected chi connectivity index (χ1v) is 8.95. The maximum absolute atomic E-state index is 12.5. The number of aromatic nitrogens is 2. The van der Waals surface area contributed by atoms with Gasteiger partial charge in [0.2, 0.25) is 5.75 Å². The number of hydrogen-bond acceptors (Lipinski definition) is 6. The summed E-state index contributed by atoms with van der Waals surface area (Å²) in [7, 11) is 1.64. The lowest BCUT2D eigenvalue weighted by atomic mass is 10.2. The SMILES string of the molecule is CN(Cc1ccccc1)C(=O)Nc1ccsc1-c1nc(C(=O)O)c(O)c(=O)[nH]1. The summed E-state index contributed by atoms with van der Waals surface area (Å²) in [6, 6.07) is 10.7. The molecule has 3 aromatic rings. The second kappa shape index (κ2) is 7.92. The van der Waals surface area contributed by atoms with E-state index in [1.807, 2.05) is 30.3 Å². The maximum atomic E-state index is 12.5. The van der Waals surface area contributed by atoms with E-state index in [2.05, 4.69) is 15.3 Å². The largest absolute Gasteiger partial charge is 0.501 e. The summed E-state index contributed by atoms with van der Waals surface area (Å²) in [5.74, 6) is -2.56. The Morgan fingerprint density at radius 1 is 1.25 bits per heavy atom. The number of nitrogens with zero attached hydrogens (tertiary/aromatic N) is 2. The zero-order valence-electron chi connectivity index (χ0n) is 14.7. The molecule has 10 heteroatoms. The highest BCUT2D eigenvalue weighted by atomic mass is 32.1. The fourth-order valence-corrected chi connectivity index (χ4v) is 3.25. The van der Waals surface area contributed by atoms with Crippen LogP contribution in [0.2, 0.25) is 0 Å². The van der Waals surface area contributed by atoms with Crippen LogP contribution in [0.1, 0.15) is 16.1 Å². The van der Waals surface area contributed by atoms with Crippen molar-refractivity contribution in [2.24, 2.45) is 0 Å². The average Bonchev–Trinajstić information content (AvgIpc) is 3.12. The molecule has 0 atom stereocenters. The van der Waals surface area contributed by atoms with Gasteiger partial charge in [0.25, 0.3) is 5.56 Å². The number of nitrogens with one attached hydrogen (secondary N) is 2. The summed E-state index contributed by atoms with van der Waals surface area (Å²) in [5, 5.41) is 23.0. The topological polar surface area (TPSA) is 136 Å². The standard InChI is InChI=1S/C18H16N4O5S/c1-22(9-10-5-3-2-4-6-10)18(27)19-11-7-8-28-14(11)15-20-12(17(25)26)13(23)16(24)21-15/h2-8,23H,9H2,1H3,(H,19,27)(H,25,26)(H,20,21,24). The number of aromatic amines is 1. The number of urea groups is 1. The van der Waals surface area contributed by atoms with Crippen molar-refractivity contribution >= 4 is 29.0 Å². The molecule has 0 aliphatic carbocycles. The third-order valence-corrected chi connectivity index (χ3v) is 4.75. The molecule has 0 aliphatic heterocycles. The number of rotatable bonds is 5. The minimum absolute atomic E-state index is 0.0591. The van der Waals surface area contributed by atoms with E-state index in [4.69, 9.17) is 5.11 Å². The summed E-state index contributed by atoms with van der Waals surface area (Å²) in [5.41, 5.74) is -0.415. The molecule has 4 N–H and O–H groups in total. The minimum atomic E-state index is -1.53. The molecule has 9 nitrogen and oxygen atoms in total. The van der Waals surface area contributed by atoms with Crippen LogP contribution in [0.3, 0.4) is 0 Å². The molecule has 144 valence electrons. The fraction of sp³-hybridized carbons (Fsp3) is 0.111. The number of aromatic hydroxyl groups is 1. The molecule has 2 aromatic heterocycles. The van der Waals surface area contributed by atoms with Crippen molar-refractivity contribution in [1.82, 2.24) is 14.9 Å². The van der Waals surface area contributed by atoms with Crippen molar-refractivity contribution in [2.45, 2.75) is 6.54 Å². The maximum Gasteiger partial charge on any atom is 0.358 e. The molecule has 0 saturated heterocycles. The average molecular weight is 400 g/mol. The van der Waals surface area contributed by atoms with Crippen molar-refractivity contribution in [2.75, 3.05) is 12.4 Å². The molecule has 0 bridgehead atoms. The van der Waals surface area contributed by atoms with Gasteiger partial charge >= 0.3 is 12.0 Å². The van der Waals surface area contributed by atoms with Gasteiger partial charge in [-0.05, 0) is 17.0 Å². The van der Waals surface area contributed by atoms with Gasteiger partial charge in [0.05, 0.1) is 10.6 Å². The smallest absolute Gasteiger partial charge is 0.358 e. The first kappa shape index (κ1) is 19.1. The molecule has 0 radical (unpaired) electrons. The van der Waals surface area contributed by atoms with E-state index in [0.29, 0.717) is 17.1 Å². The van der Waals surface area contributed by atoms with Crippen molar-refractivity contribution in [3.63, 3.8) is 0 Å². The number of aromatic carboxylic acids is 1. The number of anilines is 1. The summed E-state index contributed by atoms with van der Waals surface area (Å²) in [6.45, 7) is 0.392. The van der Waals surface area contributed by atoms with E-state index in [1.54, 1.807) is 18.5 Å². The molecule has 2 heterocycles. The number of benzene rings is 1. The summed E-state index contributed by atoms with van der Waals surface area (Å²) < 4.78 is 0. The van der Waals surface area contributed by atoms with E-state index in [1.165, 1.54) is 4.90 Å². The van der Waals surface area contributed by atoms with Crippen LogP contribution in [-0.4, -0.2) is 44.1 Å². The van der Waals surface area contributed by atoms with Crippen LogP contribution in [0.5, 0.6) is 5.75 Å². The van der Waals surface area contributed by atoms with Gasteiger partial charge in [0.15, 0.2) is 11.5 Å². The monoisotopic (exact) mass is 400 g/mol. The molecular weight excluding hydrogens is 384 g/mol. The molecule has 0 spiro atoms. The fourth-order valence-electron chi connectivity index (χ4n) is 2.45. The number of thiophene rings is 1. The lowest BCUT2D eigenvalue weighted by molar-refractivity contribution is 0.0686. The van der Waals surface area contributed by atoms with Crippen LogP contribution >= 0.6 is 11.3 Å². The molecule has 3 rings (SSSR count). The van der Waals surface area contributed by atoms with Gasteiger partial charge in [0, 0.05) is 13.6 Å². The van der Waals surface area contributed by atoms with Gasteiger partial charge in [-0.25, -0.2) is 14.6 Å². The Bertz CT molecular complexity index is 1080. The lowest BCUT2D eigenvalue weighted by Gasteiger charge is -2.18. The number of carbonyl (C=O) groups excluding carboxylic acids is 1. The van der Waals surface area contributed by atoms with Gasteiger partial charge in [-0.15, -0.1) is 11.3 Å². The second-order valence-corrected chi connectivity index (χ2v) is 6.77. The molecule has 2 amide bonds. The number of carbonyl (C=O) groups is 2. The van der Waals surface area contributed by atoms with Crippen molar-refractivity contribution < 1.29 is 19.8 Å². The van der Waals surface area contributed by atoms with E-state index in [9.17, 15) is 19.5 Å². The van der Waals surface area contributed by atoms with Crippen LogP contribution < -0.4 is 10.9 Å². The van der Waals surface area contributed by atoms with Crippen LogP contribution in [0.4, 0.5) is 10.5 Å². The zero-order chi connectivity index (χ0) is 20.3. The molecular formula is C18H16N4O5S. The predicted molar refractivity (Wildman–Crippen MR) is 104 cm³/mol. The molecule has 0 unspecified atom stereocenters. The zero-order valence-corrected chi connectivity index (χ0v) is 15.5. The van der Waals surface area contributed by atoms with Gasteiger partial charge in [0.1, 0.15) is 0 Å². The normalized spacial score (nSPS) is 10.5. The Balaban J connectivity index is 1.84. The lowest BCUT2D eigenvalue weighted by Crippen LogP contribution is -2.30. The number of carboxylic acids is 1. The first-order chi connectivity index (χ1) is 13.4. The van der Waals surface area contributed by atoms with Crippen LogP contribution in [0.25, 0.3) is 10.7 Å². The summed E-state index contributed by atoms with van der Waals surface area (Å²) >= 11 is 1.15. The number of amides is 2. The van der Waals surface area contributed by atoms with Crippen LogP contribution in [0.15, 0.2) is 46.6 Å². The number of carboxylic acid groups (broad SMARTS) is 1. The summed E-state index contributed by atoms with van der Waals surface area (Å²) in [6.07, 6.45) is 0. The Morgan fingerprint density at radius 3 is 2.64 bits per heavy atom. The Labute approximate surface area is 162 Å². The number of hydrogen-bond donors (Lipinski definition) is 4. The van der Waals surface area contributed by atoms with E-state index in [0.717, 1.165) is 16.9 Å². The first-order valence-electron chi connectivity index (χ1n) is 8.07. The van der Waals surface area contributed by atoms with E-state index < -0.39 is 23.0 Å². The van der Waals surface area contributed by atoms with E-state index >= 15 is 0 Å². The minimum Gasteiger partial charge on any atom is -0.501 e. The van der Waals surface area contributed by atoms with Crippen molar-refractivity contribution in [3.8, 4) is 16.5 Å². The highest BCUT2D eigenvalue weighted by molar-refractivity contribution is 7.14. The van der Waals surface area contributed by atoms with Gasteiger partial charge in [-0.2, -0.15) is 0 Å². The van der Waals surface area contributed by atoms with Gasteiger partial charge in [-0.3, -0.25) is 4.79 Å². The second-order valence-electron chi connectivity index (χ2n) is 5.85. The van der Waals surface area contributed by atoms with Crippen LogP contribution in [-0.2, 0) is 6.54 Å².